The second-order valence-corrected chi connectivity index (χ2v) is 6.89. The number of phenols is 1. The van der Waals surface area contributed by atoms with Gasteiger partial charge in [0.25, 0.3) is 0 Å². The molecule has 1 fully saturated rings. The van der Waals surface area contributed by atoms with Crippen molar-refractivity contribution in [2.24, 2.45) is 0 Å². The molecule has 2 aromatic rings. The number of hydrogen-bond donors (Lipinski definition) is 2. The van der Waals surface area contributed by atoms with Crippen LogP contribution in [0.15, 0.2) is 35.5 Å². The molecule has 112 valence electrons. The molecule has 0 atom stereocenters. The van der Waals surface area contributed by atoms with Gasteiger partial charge in [-0.2, -0.15) is 4.31 Å². The summed E-state index contributed by atoms with van der Waals surface area (Å²) in [6, 6.07) is 4.70. The van der Waals surface area contributed by atoms with E-state index in [2.05, 4.69) is 10.3 Å². The van der Waals surface area contributed by atoms with Crippen LogP contribution in [0.25, 0.3) is 10.8 Å². The summed E-state index contributed by atoms with van der Waals surface area (Å²) in [6.07, 6.45) is 3.88. The number of pyridine rings is 1. The third-order valence-corrected chi connectivity index (χ3v) is 5.64. The molecule has 0 saturated carbocycles. The number of sulfonamides is 1. The van der Waals surface area contributed by atoms with Gasteiger partial charge in [-0.05, 0) is 31.2 Å². The van der Waals surface area contributed by atoms with Crippen molar-refractivity contribution in [3.05, 3.63) is 30.6 Å². The van der Waals surface area contributed by atoms with Gasteiger partial charge in [-0.25, -0.2) is 8.42 Å². The minimum absolute atomic E-state index is 0.0238. The van der Waals surface area contributed by atoms with Crippen LogP contribution < -0.4 is 5.32 Å². The lowest BCUT2D eigenvalue weighted by atomic mass is 10.2. The average molecular weight is 307 g/mol. The fourth-order valence-electron chi connectivity index (χ4n) is 2.59. The summed E-state index contributed by atoms with van der Waals surface area (Å²) in [5.41, 5.74) is 0. The van der Waals surface area contributed by atoms with Gasteiger partial charge >= 0.3 is 0 Å². The molecule has 2 heterocycles. The van der Waals surface area contributed by atoms with Crippen LogP contribution in [0.4, 0.5) is 0 Å². The Morgan fingerprint density at radius 2 is 2.05 bits per heavy atom. The lowest BCUT2D eigenvalue weighted by molar-refractivity contribution is 0.421. The highest BCUT2D eigenvalue weighted by molar-refractivity contribution is 7.89. The van der Waals surface area contributed by atoms with Crippen molar-refractivity contribution in [2.75, 3.05) is 26.2 Å². The predicted molar refractivity (Wildman–Crippen MR) is 79.7 cm³/mol. The summed E-state index contributed by atoms with van der Waals surface area (Å²) in [6.45, 7) is 2.28. The topological polar surface area (TPSA) is 82.5 Å². The monoisotopic (exact) mass is 307 g/mol. The van der Waals surface area contributed by atoms with E-state index in [1.807, 2.05) is 0 Å². The summed E-state index contributed by atoms with van der Waals surface area (Å²) in [7, 11) is -3.73. The van der Waals surface area contributed by atoms with Crippen molar-refractivity contribution < 1.29 is 13.5 Å². The number of benzene rings is 1. The number of aromatic nitrogens is 1. The second-order valence-electron chi connectivity index (χ2n) is 5.02. The first-order valence-corrected chi connectivity index (χ1v) is 8.31. The van der Waals surface area contributed by atoms with Gasteiger partial charge in [-0.15, -0.1) is 0 Å². The average Bonchev–Trinajstić information content (AvgIpc) is 2.76. The number of nitrogens with zero attached hydrogens (tertiary/aromatic N) is 2. The van der Waals surface area contributed by atoms with Crippen LogP contribution in [0.3, 0.4) is 0 Å². The van der Waals surface area contributed by atoms with Crippen LogP contribution in [0, 0.1) is 0 Å². The normalized spacial score (nSPS) is 17.7. The van der Waals surface area contributed by atoms with E-state index >= 15 is 0 Å². The van der Waals surface area contributed by atoms with Gasteiger partial charge in [-0.1, -0.05) is 0 Å². The van der Waals surface area contributed by atoms with Crippen molar-refractivity contribution >= 4 is 20.8 Å². The van der Waals surface area contributed by atoms with Gasteiger partial charge in [-0.3, -0.25) is 4.98 Å². The molecule has 0 aliphatic carbocycles. The minimum atomic E-state index is -3.73. The molecule has 0 unspecified atom stereocenters. The van der Waals surface area contributed by atoms with Crippen LogP contribution in [-0.4, -0.2) is 49.0 Å². The molecule has 0 bridgehead atoms. The van der Waals surface area contributed by atoms with E-state index in [4.69, 9.17) is 0 Å². The fraction of sp³-hybridized carbons (Fsp3) is 0.357. The third-order valence-electron chi connectivity index (χ3n) is 3.65. The van der Waals surface area contributed by atoms with E-state index in [0.717, 1.165) is 13.0 Å². The van der Waals surface area contributed by atoms with Crippen LogP contribution >= 0.6 is 0 Å². The molecule has 1 aliphatic heterocycles. The molecule has 0 radical (unpaired) electrons. The van der Waals surface area contributed by atoms with Crippen molar-refractivity contribution in [1.82, 2.24) is 14.6 Å². The van der Waals surface area contributed by atoms with Crippen LogP contribution in [0.1, 0.15) is 6.42 Å². The van der Waals surface area contributed by atoms with E-state index in [9.17, 15) is 13.5 Å². The number of phenolic OH excluding ortho intramolecular Hbond substituents is 1. The number of nitrogens with one attached hydrogen (secondary N) is 1. The Morgan fingerprint density at radius 1 is 1.19 bits per heavy atom. The lowest BCUT2D eigenvalue weighted by Crippen LogP contribution is -2.34. The Balaban J connectivity index is 2.16. The Morgan fingerprint density at radius 3 is 2.90 bits per heavy atom. The number of hydrogen-bond acceptors (Lipinski definition) is 5. The Labute approximate surface area is 123 Å². The molecule has 0 spiro atoms. The van der Waals surface area contributed by atoms with Crippen LogP contribution in [0.5, 0.6) is 5.75 Å². The first-order valence-electron chi connectivity index (χ1n) is 6.87. The largest absolute Gasteiger partial charge is 0.507 e. The standard InChI is InChI=1S/C14H17N3O3S/c18-13-3-2-11-10-16-6-4-12(11)14(13)21(19,20)17-8-1-5-15-7-9-17/h2-4,6,10,15,18H,1,5,7-9H2. The van der Waals surface area contributed by atoms with Gasteiger partial charge in [0.05, 0.1) is 0 Å². The highest BCUT2D eigenvalue weighted by atomic mass is 32.2. The molecular weight excluding hydrogens is 290 g/mol. The van der Waals surface area contributed by atoms with Crippen molar-refractivity contribution in [2.45, 2.75) is 11.3 Å². The van der Waals surface area contributed by atoms with Crippen LogP contribution in [-0.2, 0) is 10.0 Å². The predicted octanol–water partition coefficient (Wildman–Crippen LogP) is 0.924. The molecule has 3 rings (SSSR count). The first kappa shape index (κ1) is 14.2. The summed E-state index contributed by atoms with van der Waals surface area (Å²) < 4.78 is 27.2. The Kier molecular flexibility index (Phi) is 3.79. The van der Waals surface area contributed by atoms with Crippen molar-refractivity contribution in [3.63, 3.8) is 0 Å². The zero-order valence-corrected chi connectivity index (χ0v) is 12.3. The van der Waals surface area contributed by atoms with Gasteiger partial charge in [0, 0.05) is 42.8 Å². The quantitative estimate of drug-likeness (QED) is 0.862. The Bertz CT molecular complexity index is 753. The van der Waals surface area contributed by atoms with Crippen LogP contribution in [0.2, 0.25) is 0 Å². The highest BCUT2D eigenvalue weighted by Crippen LogP contribution is 2.33. The molecule has 6 nitrogen and oxygen atoms in total. The highest BCUT2D eigenvalue weighted by Gasteiger charge is 2.29. The molecule has 1 aliphatic rings. The maximum Gasteiger partial charge on any atom is 0.247 e. The fourth-order valence-corrected chi connectivity index (χ4v) is 4.35. The lowest BCUT2D eigenvalue weighted by Gasteiger charge is -2.21. The van der Waals surface area contributed by atoms with E-state index in [1.54, 1.807) is 18.3 Å². The van der Waals surface area contributed by atoms with Crippen molar-refractivity contribution in [1.29, 1.82) is 0 Å². The SMILES string of the molecule is O=S(=O)(c1c(O)ccc2cnccc12)N1CCCNCC1. The molecule has 7 heteroatoms. The minimum Gasteiger partial charge on any atom is -0.507 e. The molecule has 21 heavy (non-hydrogen) atoms. The smallest absolute Gasteiger partial charge is 0.247 e. The van der Waals surface area contributed by atoms with E-state index in [0.29, 0.717) is 30.4 Å². The molecule has 1 saturated heterocycles. The summed E-state index contributed by atoms with van der Waals surface area (Å²) in [4.78, 5) is 3.97. The molecule has 1 aromatic heterocycles. The maximum atomic E-state index is 12.9. The van der Waals surface area contributed by atoms with E-state index in [1.165, 1.54) is 16.6 Å². The second kappa shape index (κ2) is 5.59. The summed E-state index contributed by atoms with van der Waals surface area (Å²) >= 11 is 0. The number of aromatic hydroxyl groups is 1. The Hall–Kier alpha value is -1.70. The van der Waals surface area contributed by atoms with E-state index in [-0.39, 0.29) is 10.6 Å². The molecule has 0 amide bonds. The summed E-state index contributed by atoms with van der Waals surface area (Å²) in [5.74, 6) is -0.217. The van der Waals surface area contributed by atoms with Crippen molar-refractivity contribution in [3.8, 4) is 5.75 Å². The van der Waals surface area contributed by atoms with Gasteiger partial charge < -0.3 is 10.4 Å². The molecule has 1 aromatic carbocycles. The third kappa shape index (κ3) is 2.59. The van der Waals surface area contributed by atoms with E-state index < -0.39 is 10.0 Å². The van der Waals surface area contributed by atoms with Gasteiger partial charge in [0.1, 0.15) is 10.6 Å². The first-order chi connectivity index (χ1) is 10.1. The maximum absolute atomic E-state index is 12.9. The molecular formula is C14H17N3O3S. The number of rotatable bonds is 2. The zero-order chi connectivity index (χ0) is 14.9. The zero-order valence-electron chi connectivity index (χ0n) is 11.5. The van der Waals surface area contributed by atoms with Gasteiger partial charge in [0.15, 0.2) is 0 Å². The summed E-state index contributed by atoms with van der Waals surface area (Å²) in [5, 5.41) is 14.5. The molecule has 2 N–H and O–H groups in total. The number of fused-ring (bicyclic) bond motifs is 1. The van der Waals surface area contributed by atoms with Gasteiger partial charge in [0.2, 0.25) is 10.0 Å².